The second-order valence-electron chi connectivity index (χ2n) is 11.6. The molecule has 2 heterocycles. The lowest BCUT2D eigenvalue weighted by Gasteiger charge is -2.16. The summed E-state index contributed by atoms with van der Waals surface area (Å²) in [6.07, 6.45) is 0. The van der Waals surface area contributed by atoms with Crippen molar-refractivity contribution in [1.82, 2.24) is 0 Å². The van der Waals surface area contributed by atoms with Crippen molar-refractivity contribution in [1.29, 1.82) is 0 Å². The van der Waals surface area contributed by atoms with E-state index in [1.54, 1.807) is 0 Å². The number of carboxylic acids is 3. The molecule has 0 saturated heterocycles. The zero-order chi connectivity index (χ0) is 43.4. The molecule has 300 valence electrons. The molecular weight excluding hydrogens is 788 g/mol. The molecule has 0 aliphatic rings. The van der Waals surface area contributed by atoms with Crippen molar-refractivity contribution in [3.05, 3.63) is 73.9 Å². The predicted octanol–water partition coefficient (Wildman–Crippen LogP) is 2.80. The topological polar surface area (TPSA) is 435 Å². The monoisotopic (exact) mass is 810 g/mol. The summed E-state index contributed by atoms with van der Waals surface area (Å²) in [5.74, 6) is -16.4. The Labute approximate surface area is 315 Å². The third kappa shape index (κ3) is 6.53. The Bertz CT molecular complexity index is 2820. The van der Waals surface area contributed by atoms with E-state index in [1.165, 1.54) is 0 Å². The summed E-state index contributed by atoms with van der Waals surface area (Å²) >= 11 is 0. The van der Waals surface area contributed by atoms with Crippen LogP contribution in [0.5, 0.6) is 74.7 Å². The van der Waals surface area contributed by atoms with Crippen molar-refractivity contribution in [2.24, 2.45) is 0 Å². The molecule has 0 unspecified atom stereocenters. The molecule has 0 aliphatic heterocycles. The fourth-order valence-corrected chi connectivity index (χ4v) is 5.44. The molecular formula is C35H22O23. The molecule has 0 saturated carbocycles. The van der Waals surface area contributed by atoms with Gasteiger partial charge in [-0.2, -0.15) is 0 Å². The van der Waals surface area contributed by atoms with Crippen LogP contribution in [0.3, 0.4) is 0 Å². The highest BCUT2D eigenvalue weighted by Crippen LogP contribution is 2.52. The number of phenolic OH excluding ortho intramolecular Hbond substituents is 13. The van der Waals surface area contributed by atoms with Crippen molar-refractivity contribution in [3.8, 4) is 85.9 Å². The third-order valence-electron chi connectivity index (χ3n) is 8.09. The molecule has 0 radical (unpaired) electrons. The molecule has 2 aromatic heterocycles. The summed E-state index contributed by atoms with van der Waals surface area (Å²) < 4.78 is 9.87. The van der Waals surface area contributed by atoms with Crippen LogP contribution >= 0.6 is 0 Å². The SMILES string of the molecule is O=C(O)c1cc(O)c(O)c(O)c1.O=C(O)c1cc(O)c(O)c(O)c1-c1c(C(=O)O)cc(O)c(O)c1O.O=c1oc2c(O)c(O)cc3c(=O)oc4c(O)c(O)cc1c4c23. The van der Waals surface area contributed by atoms with Gasteiger partial charge in [0.1, 0.15) is 0 Å². The van der Waals surface area contributed by atoms with Gasteiger partial charge in [0.2, 0.25) is 23.0 Å². The Morgan fingerprint density at radius 3 is 1.00 bits per heavy atom. The first-order chi connectivity index (χ1) is 27.0. The first-order valence-corrected chi connectivity index (χ1v) is 15.1. The first kappa shape index (κ1) is 40.0. The van der Waals surface area contributed by atoms with Gasteiger partial charge in [-0.15, -0.1) is 0 Å². The van der Waals surface area contributed by atoms with Crippen molar-refractivity contribution in [3.63, 3.8) is 0 Å². The van der Waals surface area contributed by atoms with Crippen molar-refractivity contribution >= 4 is 50.6 Å². The Morgan fingerprint density at radius 1 is 0.379 bits per heavy atom. The molecule has 7 rings (SSSR count). The first-order valence-electron chi connectivity index (χ1n) is 15.1. The molecule has 0 amide bonds. The van der Waals surface area contributed by atoms with E-state index in [1.807, 2.05) is 0 Å². The van der Waals surface area contributed by atoms with Crippen LogP contribution in [0.25, 0.3) is 43.8 Å². The fourth-order valence-electron chi connectivity index (χ4n) is 5.44. The largest absolute Gasteiger partial charge is 0.504 e. The van der Waals surface area contributed by atoms with Gasteiger partial charge in [0.25, 0.3) is 0 Å². The second-order valence-corrected chi connectivity index (χ2v) is 11.6. The van der Waals surface area contributed by atoms with Gasteiger partial charge in [-0.25, -0.2) is 24.0 Å². The standard InChI is InChI=1S/C14H10O10.C14H6O8.C7H6O5/c15-5-1-3(13(21)22)7(11(19)9(5)17)8-4(14(23)24)2-6(16)10(18)12(8)20;15-5-1-3-7-8-4(14(20)22-11(7)9(5)17)2-6(16)10(18)12(8)21-13(3)19;8-4-1-3(7(11)12)2-5(9)6(4)10/h1-2,15-20H,(H,21,22)(H,23,24);1-2,15-18H;1-2,8-10H,(H,11,12). The molecule has 58 heavy (non-hydrogen) atoms. The summed E-state index contributed by atoms with van der Waals surface area (Å²) in [6, 6.07) is 4.65. The fraction of sp³-hybridized carbons (Fsp3) is 0. The lowest BCUT2D eigenvalue weighted by Crippen LogP contribution is -2.06. The number of carboxylic acid groups (broad SMARTS) is 3. The lowest BCUT2D eigenvalue weighted by atomic mass is 9.92. The average Bonchev–Trinajstić information content (AvgIpc) is 3.15. The van der Waals surface area contributed by atoms with Crippen LogP contribution in [0.1, 0.15) is 31.1 Å². The van der Waals surface area contributed by atoms with E-state index in [2.05, 4.69) is 0 Å². The van der Waals surface area contributed by atoms with Gasteiger partial charge >= 0.3 is 29.2 Å². The zero-order valence-electron chi connectivity index (χ0n) is 28.0. The minimum atomic E-state index is -1.74. The smallest absolute Gasteiger partial charge is 0.344 e. The second kappa shape index (κ2) is 14.3. The Morgan fingerprint density at radius 2 is 0.690 bits per heavy atom. The van der Waals surface area contributed by atoms with Gasteiger partial charge in [-0.3, -0.25) is 0 Å². The number of benzene rings is 5. The number of hydrogen-bond donors (Lipinski definition) is 16. The minimum absolute atomic E-state index is 0.00597. The van der Waals surface area contributed by atoms with Gasteiger partial charge in [0.15, 0.2) is 62.9 Å². The molecule has 16 N–H and O–H groups in total. The van der Waals surface area contributed by atoms with Gasteiger partial charge in [0, 0.05) is 21.9 Å². The molecule has 23 heteroatoms. The molecule has 0 fully saturated rings. The average molecular weight is 811 g/mol. The lowest BCUT2D eigenvalue weighted by molar-refractivity contribution is 0.0683. The van der Waals surface area contributed by atoms with E-state index < -0.39 is 137 Å². The van der Waals surface area contributed by atoms with E-state index in [4.69, 9.17) is 39.5 Å². The minimum Gasteiger partial charge on any atom is -0.504 e. The molecule has 7 aromatic rings. The summed E-state index contributed by atoms with van der Waals surface area (Å²) in [5.41, 5.74) is -6.47. The van der Waals surface area contributed by atoms with E-state index in [-0.39, 0.29) is 27.1 Å². The molecule has 23 nitrogen and oxygen atoms in total. The van der Waals surface area contributed by atoms with Crippen LogP contribution in [0.2, 0.25) is 0 Å². The van der Waals surface area contributed by atoms with Gasteiger partial charge in [-0.05, 0) is 36.4 Å². The number of carbonyl (C=O) groups is 3. The maximum atomic E-state index is 12.0. The van der Waals surface area contributed by atoms with Crippen molar-refractivity contribution in [2.75, 3.05) is 0 Å². The van der Waals surface area contributed by atoms with E-state index in [9.17, 15) is 75.0 Å². The number of aromatic carboxylic acids is 3. The number of rotatable bonds is 4. The van der Waals surface area contributed by atoms with E-state index in [0.29, 0.717) is 12.1 Å². The van der Waals surface area contributed by atoms with Crippen LogP contribution in [0, 0.1) is 0 Å². The normalized spacial score (nSPS) is 10.8. The van der Waals surface area contributed by atoms with Gasteiger partial charge in [-0.1, -0.05) is 0 Å². The van der Waals surface area contributed by atoms with Crippen molar-refractivity contribution < 1.29 is 105 Å². The molecule has 0 atom stereocenters. The molecule has 5 aromatic carbocycles. The molecule has 0 spiro atoms. The van der Waals surface area contributed by atoms with Crippen LogP contribution in [0.4, 0.5) is 0 Å². The quantitative estimate of drug-likeness (QED) is 0.0690. The van der Waals surface area contributed by atoms with E-state index >= 15 is 0 Å². The van der Waals surface area contributed by atoms with Gasteiger partial charge < -0.3 is 90.5 Å². The Kier molecular flexibility index (Phi) is 9.84. The van der Waals surface area contributed by atoms with Crippen LogP contribution < -0.4 is 11.3 Å². The summed E-state index contributed by atoms with van der Waals surface area (Å²) in [7, 11) is 0. The highest BCUT2D eigenvalue weighted by Gasteiger charge is 2.31. The summed E-state index contributed by atoms with van der Waals surface area (Å²) in [4.78, 5) is 56.9. The van der Waals surface area contributed by atoms with Crippen LogP contribution in [-0.2, 0) is 0 Å². The predicted molar refractivity (Wildman–Crippen MR) is 188 cm³/mol. The van der Waals surface area contributed by atoms with E-state index in [0.717, 1.165) is 24.3 Å². The van der Waals surface area contributed by atoms with Crippen molar-refractivity contribution in [2.45, 2.75) is 0 Å². The molecule has 0 bridgehead atoms. The molecule has 0 aliphatic carbocycles. The number of phenols is 13. The number of aromatic hydroxyl groups is 13. The highest BCUT2D eigenvalue weighted by molar-refractivity contribution is 6.22. The number of hydrogen-bond acceptors (Lipinski definition) is 20. The van der Waals surface area contributed by atoms with Gasteiger partial charge in [0.05, 0.1) is 27.5 Å². The maximum Gasteiger partial charge on any atom is 0.344 e. The van der Waals surface area contributed by atoms with Crippen LogP contribution in [0.15, 0.2) is 54.8 Å². The highest BCUT2D eigenvalue weighted by atomic mass is 16.4. The zero-order valence-corrected chi connectivity index (χ0v) is 28.0. The van der Waals surface area contributed by atoms with Crippen LogP contribution in [-0.4, -0.2) is 99.6 Å². The third-order valence-corrected chi connectivity index (χ3v) is 8.09. The summed E-state index contributed by atoms with van der Waals surface area (Å²) in [5, 5.41) is 150. The maximum absolute atomic E-state index is 12.0. The Hall–Kier alpha value is -9.15. The summed E-state index contributed by atoms with van der Waals surface area (Å²) in [6.45, 7) is 0. The Balaban J connectivity index is 0.000000175.